The number of piperidine rings is 1. The van der Waals surface area contributed by atoms with Crippen LogP contribution in [-0.4, -0.2) is 41.9 Å². The Morgan fingerprint density at radius 2 is 2.09 bits per heavy atom. The van der Waals surface area contributed by atoms with Gasteiger partial charge in [0.25, 0.3) is 5.91 Å². The summed E-state index contributed by atoms with van der Waals surface area (Å²) < 4.78 is 5.95. The molecule has 1 aliphatic heterocycles. The van der Waals surface area contributed by atoms with Crippen molar-refractivity contribution in [2.75, 3.05) is 13.2 Å². The zero-order valence-electron chi connectivity index (χ0n) is 12.0. The lowest BCUT2D eigenvalue weighted by Crippen LogP contribution is -2.51. The second-order valence-corrected chi connectivity index (χ2v) is 6.33. The van der Waals surface area contributed by atoms with Gasteiger partial charge in [0.15, 0.2) is 6.61 Å². The van der Waals surface area contributed by atoms with Crippen LogP contribution in [0.2, 0.25) is 0 Å². The number of hydrogen-bond acceptors (Lipinski definition) is 4. The van der Waals surface area contributed by atoms with Crippen molar-refractivity contribution in [2.45, 2.75) is 25.3 Å². The first-order valence-corrected chi connectivity index (χ1v) is 8.08. The number of esters is 1. The largest absolute Gasteiger partial charge is 0.452 e. The van der Waals surface area contributed by atoms with Crippen molar-refractivity contribution in [3.8, 4) is 0 Å². The zero-order valence-corrected chi connectivity index (χ0v) is 14.1. The Morgan fingerprint density at radius 3 is 2.77 bits per heavy atom. The first kappa shape index (κ1) is 16.7. The van der Waals surface area contributed by atoms with Crippen LogP contribution in [-0.2, 0) is 14.3 Å². The molecule has 6 nitrogen and oxygen atoms in total. The third-order valence-electron chi connectivity index (χ3n) is 3.54. The van der Waals surface area contributed by atoms with Gasteiger partial charge < -0.3 is 15.4 Å². The summed E-state index contributed by atoms with van der Waals surface area (Å²) in [5.41, 5.74) is 5.71. The normalized spacial score (nSPS) is 17.9. The van der Waals surface area contributed by atoms with Gasteiger partial charge in [-0.05, 0) is 60.1 Å². The average Bonchev–Trinajstić information content (AvgIpc) is 2.52. The molecule has 0 saturated carbocycles. The van der Waals surface area contributed by atoms with Crippen LogP contribution in [0.1, 0.15) is 29.6 Å². The number of amides is 2. The van der Waals surface area contributed by atoms with Crippen molar-refractivity contribution in [1.82, 2.24) is 4.90 Å². The Kier molecular flexibility index (Phi) is 5.76. The summed E-state index contributed by atoms with van der Waals surface area (Å²) in [6.07, 6.45) is 2.24. The highest BCUT2D eigenvalue weighted by molar-refractivity contribution is 14.1. The first-order chi connectivity index (χ1) is 10.5. The molecule has 1 aliphatic rings. The summed E-state index contributed by atoms with van der Waals surface area (Å²) in [4.78, 5) is 36.9. The van der Waals surface area contributed by atoms with E-state index in [2.05, 4.69) is 22.6 Å². The summed E-state index contributed by atoms with van der Waals surface area (Å²) >= 11 is 2.09. The molecule has 118 valence electrons. The molecule has 2 N–H and O–H groups in total. The van der Waals surface area contributed by atoms with Crippen LogP contribution in [0.3, 0.4) is 0 Å². The van der Waals surface area contributed by atoms with E-state index in [4.69, 9.17) is 10.5 Å². The van der Waals surface area contributed by atoms with Gasteiger partial charge in [-0.15, -0.1) is 0 Å². The number of halogens is 1. The van der Waals surface area contributed by atoms with Crippen LogP contribution in [0.5, 0.6) is 0 Å². The topological polar surface area (TPSA) is 89.7 Å². The van der Waals surface area contributed by atoms with E-state index in [1.165, 1.54) is 4.90 Å². The van der Waals surface area contributed by atoms with Crippen molar-refractivity contribution in [1.29, 1.82) is 0 Å². The molecule has 1 fully saturated rings. The van der Waals surface area contributed by atoms with Crippen LogP contribution in [0.4, 0.5) is 0 Å². The Labute approximate surface area is 142 Å². The Balaban J connectivity index is 1.94. The molecule has 1 aromatic carbocycles. The van der Waals surface area contributed by atoms with Crippen LogP contribution >= 0.6 is 22.6 Å². The monoisotopic (exact) mass is 416 g/mol. The molecule has 1 aromatic rings. The van der Waals surface area contributed by atoms with Gasteiger partial charge in [0, 0.05) is 10.1 Å². The number of ether oxygens (including phenoxy) is 1. The number of nitrogens with two attached hydrogens (primary N) is 1. The van der Waals surface area contributed by atoms with Crippen LogP contribution in [0, 0.1) is 3.57 Å². The van der Waals surface area contributed by atoms with E-state index in [0.29, 0.717) is 18.5 Å². The van der Waals surface area contributed by atoms with Crippen molar-refractivity contribution >= 4 is 40.4 Å². The van der Waals surface area contributed by atoms with Gasteiger partial charge >= 0.3 is 5.97 Å². The summed E-state index contributed by atoms with van der Waals surface area (Å²) in [7, 11) is 0. The maximum atomic E-state index is 12.2. The number of nitrogens with zero attached hydrogens (tertiary/aromatic N) is 1. The van der Waals surface area contributed by atoms with Gasteiger partial charge in [-0.25, -0.2) is 4.79 Å². The quantitative estimate of drug-likeness (QED) is 0.592. The Hall–Kier alpha value is -1.64. The second-order valence-electron chi connectivity index (χ2n) is 5.09. The fraction of sp³-hybridized carbons (Fsp3) is 0.400. The standard InChI is InChI=1S/C15H17IN2O4/c16-11-5-3-4-10(8-11)15(21)22-9-13(19)18-7-2-1-6-12(18)14(17)20/h3-5,8,12H,1-2,6-7,9H2,(H2,17,20)/t12-/m0/s1. The van der Waals surface area contributed by atoms with Crippen LogP contribution in [0.15, 0.2) is 24.3 Å². The first-order valence-electron chi connectivity index (χ1n) is 7.00. The van der Waals surface area contributed by atoms with Gasteiger partial charge in [0.1, 0.15) is 6.04 Å². The highest BCUT2D eigenvalue weighted by Crippen LogP contribution is 2.17. The van der Waals surface area contributed by atoms with Gasteiger partial charge in [-0.1, -0.05) is 6.07 Å². The van der Waals surface area contributed by atoms with Gasteiger partial charge in [-0.2, -0.15) is 0 Å². The maximum absolute atomic E-state index is 12.2. The summed E-state index contributed by atoms with van der Waals surface area (Å²) in [5.74, 6) is -1.46. The number of carbonyl (C=O) groups is 3. The fourth-order valence-electron chi connectivity index (χ4n) is 2.43. The number of primary amides is 1. The number of likely N-dealkylation sites (tertiary alicyclic amines) is 1. The van der Waals surface area contributed by atoms with Crippen LogP contribution < -0.4 is 5.73 Å². The molecule has 7 heteroatoms. The highest BCUT2D eigenvalue weighted by atomic mass is 127. The van der Waals surface area contributed by atoms with E-state index < -0.39 is 17.9 Å². The molecule has 0 spiro atoms. The SMILES string of the molecule is NC(=O)[C@@H]1CCCCN1C(=O)COC(=O)c1cccc(I)c1. The van der Waals surface area contributed by atoms with E-state index in [9.17, 15) is 14.4 Å². The minimum absolute atomic E-state index is 0.381. The highest BCUT2D eigenvalue weighted by Gasteiger charge is 2.31. The number of benzene rings is 1. The average molecular weight is 416 g/mol. The van der Waals surface area contributed by atoms with Gasteiger partial charge in [-0.3, -0.25) is 9.59 Å². The minimum atomic E-state index is -0.599. The van der Waals surface area contributed by atoms with Crippen molar-refractivity contribution < 1.29 is 19.1 Å². The Bertz CT molecular complexity index is 591. The van der Waals surface area contributed by atoms with E-state index >= 15 is 0 Å². The van der Waals surface area contributed by atoms with Crippen molar-refractivity contribution in [3.05, 3.63) is 33.4 Å². The molecule has 0 bridgehead atoms. The van der Waals surface area contributed by atoms with Crippen molar-refractivity contribution in [2.24, 2.45) is 5.73 Å². The number of rotatable bonds is 4. The smallest absolute Gasteiger partial charge is 0.338 e. The maximum Gasteiger partial charge on any atom is 0.338 e. The fourth-order valence-corrected chi connectivity index (χ4v) is 2.98. The van der Waals surface area contributed by atoms with Gasteiger partial charge in [0.2, 0.25) is 5.91 Å². The Morgan fingerprint density at radius 1 is 1.32 bits per heavy atom. The lowest BCUT2D eigenvalue weighted by molar-refractivity contribution is -0.143. The third-order valence-corrected chi connectivity index (χ3v) is 4.21. The molecule has 22 heavy (non-hydrogen) atoms. The molecule has 2 rings (SSSR count). The molecular weight excluding hydrogens is 399 g/mol. The molecule has 0 radical (unpaired) electrons. The predicted octanol–water partition coefficient (Wildman–Crippen LogP) is 1.31. The predicted molar refractivity (Wildman–Crippen MR) is 88.0 cm³/mol. The number of carbonyl (C=O) groups excluding carboxylic acids is 3. The second kappa shape index (κ2) is 7.57. The molecule has 0 aromatic heterocycles. The lowest BCUT2D eigenvalue weighted by Gasteiger charge is -2.33. The van der Waals surface area contributed by atoms with E-state index in [-0.39, 0.29) is 12.5 Å². The summed E-state index contributed by atoms with van der Waals surface area (Å²) in [5, 5.41) is 0. The zero-order chi connectivity index (χ0) is 16.1. The summed E-state index contributed by atoms with van der Waals surface area (Å²) in [6, 6.07) is 6.31. The molecule has 1 saturated heterocycles. The van der Waals surface area contributed by atoms with Gasteiger partial charge in [0.05, 0.1) is 5.56 Å². The molecule has 0 aliphatic carbocycles. The molecule has 0 unspecified atom stereocenters. The lowest BCUT2D eigenvalue weighted by atomic mass is 10.0. The summed E-state index contributed by atoms with van der Waals surface area (Å²) in [6.45, 7) is 0.0846. The minimum Gasteiger partial charge on any atom is -0.452 e. The van der Waals surface area contributed by atoms with E-state index in [1.807, 2.05) is 6.07 Å². The molecule has 2 amide bonds. The molecule has 1 atom stereocenters. The third kappa shape index (κ3) is 4.19. The number of hydrogen-bond donors (Lipinski definition) is 1. The van der Waals surface area contributed by atoms with Crippen molar-refractivity contribution in [3.63, 3.8) is 0 Å². The molecular formula is C15H17IN2O4. The van der Waals surface area contributed by atoms with E-state index in [0.717, 1.165) is 16.4 Å². The van der Waals surface area contributed by atoms with E-state index in [1.54, 1.807) is 18.2 Å². The molecule has 1 heterocycles. The van der Waals surface area contributed by atoms with Crippen LogP contribution in [0.25, 0.3) is 0 Å².